The summed E-state index contributed by atoms with van der Waals surface area (Å²) >= 11 is 0. The molecule has 2 fully saturated rings. The van der Waals surface area contributed by atoms with Crippen LogP contribution in [0.15, 0.2) is 18.5 Å². The van der Waals surface area contributed by atoms with Crippen molar-refractivity contribution in [2.45, 2.75) is 63.5 Å². The third kappa shape index (κ3) is 5.11. The molecule has 0 spiro atoms. The van der Waals surface area contributed by atoms with Crippen LogP contribution in [0, 0.1) is 5.92 Å². The van der Waals surface area contributed by atoms with E-state index >= 15 is 0 Å². The minimum Gasteiger partial charge on any atom is -0.453 e. The molecule has 36 heavy (non-hydrogen) atoms. The monoisotopic (exact) mass is 510 g/mol. The summed E-state index contributed by atoms with van der Waals surface area (Å²) in [6.07, 6.45) is -1.00. The predicted octanol–water partition coefficient (Wildman–Crippen LogP) is 0.910. The highest BCUT2D eigenvalue weighted by Gasteiger charge is 2.56. The number of rotatable bonds is 8. The quantitative estimate of drug-likeness (QED) is 0.501. The zero-order valence-electron chi connectivity index (χ0n) is 19.5. The van der Waals surface area contributed by atoms with Crippen molar-refractivity contribution in [3.05, 3.63) is 24.2 Å². The Kier molecular flexibility index (Phi) is 6.39. The molecule has 2 aromatic heterocycles. The molecule has 0 aromatic carbocycles. The maximum Gasteiger partial charge on any atom is 0.490 e. The lowest BCUT2D eigenvalue weighted by Crippen LogP contribution is -2.49. The molecular formula is C22H25F3N6O5. The van der Waals surface area contributed by atoms with Crippen molar-refractivity contribution in [1.29, 1.82) is 0 Å². The van der Waals surface area contributed by atoms with Crippen LogP contribution in [0.25, 0.3) is 10.9 Å². The highest BCUT2D eigenvalue weighted by molar-refractivity contribution is 6.04. The average molecular weight is 510 g/mol. The molecule has 1 saturated heterocycles. The third-order valence-corrected chi connectivity index (χ3v) is 6.39. The molecule has 14 heteroatoms. The van der Waals surface area contributed by atoms with E-state index in [2.05, 4.69) is 20.1 Å². The molecule has 1 aliphatic heterocycles. The predicted molar refractivity (Wildman–Crippen MR) is 117 cm³/mol. The van der Waals surface area contributed by atoms with E-state index in [4.69, 9.17) is 5.73 Å². The van der Waals surface area contributed by atoms with Gasteiger partial charge in [0.1, 0.15) is 18.2 Å². The molecule has 194 valence electrons. The number of ether oxygens (including phenoxy) is 1. The zero-order chi connectivity index (χ0) is 26.4. The lowest BCUT2D eigenvalue weighted by molar-refractivity contribution is -0.211. The number of hydrogen-bond acceptors (Lipinski definition) is 7. The van der Waals surface area contributed by atoms with Crippen LogP contribution in [0.3, 0.4) is 0 Å². The van der Waals surface area contributed by atoms with Crippen molar-refractivity contribution >= 4 is 34.6 Å². The average Bonchev–Trinajstić information content (AvgIpc) is 3.28. The Morgan fingerprint density at radius 3 is 2.61 bits per heavy atom. The molecule has 2 aliphatic rings. The Morgan fingerprint density at radius 1 is 1.22 bits per heavy atom. The fourth-order valence-corrected chi connectivity index (χ4v) is 4.55. The number of amides is 3. The number of carbonyl (C=O) groups is 4. The molecular weight excluding hydrogens is 485 g/mol. The zero-order valence-corrected chi connectivity index (χ0v) is 19.5. The van der Waals surface area contributed by atoms with E-state index in [1.165, 1.54) is 35.8 Å². The second-order valence-corrected chi connectivity index (χ2v) is 9.57. The van der Waals surface area contributed by atoms with Gasteiger partial charge in [0, 0.05) is 30.6 Å². The minimum absolute atomic E-state index is 0.00838. The number of carbonyl (C=O) groups excluding carboxylic acids is 4. The summed E-state index contributed by atoms with van der Waals surface area (Å²) in [5, 5.41) is 7.25. The smallest absolute Gasteiger partial charge is 0.453 e. The van der Waals surface area contributed by atoms with Gasteiger partial charge in [-0.05, 0) is 38.7 Å². The van der Waals surface area contributed by atoms with Gasteiger partial charge in [-0.15, -0.1) is 0 Å². The van der Waals surface area contributed by atoms with Crippen molar-refractivity contribution in [2.24, 2.45) is 11.7 Å². The number of alkyl halides is 3. The van der Waals surface area contributed by atoms with Crippen molar-refractivity contribution in [3.8, 4) is 0 Å². The van der Waals surface area contributed by atoms with Crippen molar-refractivity contribution < 1.29 is 37.1 Å². The number of piperidine rings is 1. The van der Waals surface area contributed by atoms with Crippen LogP contribution in [0.4, 0.5) is 13.2 Å². The van der Waals surface area contributed by atoms with Gasteiger partial charge in [0.25, 0.3) is 5.91 Å². The van der Waals surface area contributed by atoms with Gasteiger partial charge in [0.05, 0.1) is 11.7 Å². The summed E-state index contributed by atoms with van der Waals surface area (Å²) in [5.74, 6) is -3.68. The van der Waals surface area contributed by atoms with Crippen LogP contribution in [-0.4, -0.2) is 73.8 Å². The van der Waals surface area contributed by atoms with Gasteiger partial charge in [0.15, 0.2) is 5.69 Å². The van der Waals surface area contributed by atoms with Crippen LogP contribution in [0.2, 0.25) is 0 Å². The number of esters is 1. The summed E-state index contributed by atoms with van der Waals surface area (Å²) in [5.41, 5.74) is 4.39. The molecule has 11 nitrogen and oxygen atoms in total. The first-order chi connectivity index (χ1) is 16.8. The number of primary amides is 1. The van der Waals surface area contributed by atoms with Crippen molar-refractivity contribution in [2.75, 3.05) is 6.54 Å². The molecule has 1 aliphatic carbocycles. The number of likely N-dealkylation sites (tertiary alicyclic amines) is 1. The van der Waals surface area contributed by atoms with Crippen LogP contribution in [0.1, 0.15) is 43.6 Å². The number of hydrogen-bond donors (Lipinski definition) is 2. The first-order valence-corrected chi connectivity index (χ1v) is 11.3. The van der Waals surface area contributed by atoms with E-state index in [0.717, 1.165) is 6.42 Å². The van der Waals surface area contributed by atoms with Gasteiger partial charge in [-0.1, -0.05) is 0 Å². The van der Waals surface area contributed by atoms with Crippen LogP contribution < -0.4 is 11.1 Å². The van der Waals surface area contributed by atoms with Crippen molar-refractivity contribution in [3.63, 3.8) is 0 Å². The number of fused-ring (bicyclic) bond motifs is 2. The molecule has 0 unspecified atom stereocenters. The normalized spacial score (nSPS) is 21.2. The molecule has 0 radical (unpaired) electrons. The molecule has 3 atom stereocenters. The molecule has 2 aromatic rings. The summed E-state index contributed by atoms with van der Waals surface area (Å²) < 4.78 is 43.2. The lowest BCUT2D eigenvalue weighted by atomic mass is 10.0. The number of nitrogens with zero attached hydrogens (tertiary/aromatic N) is 4. The maximum atomic E-state index is 13.2. The van der Waals surface area contributed by atoms with Gasteiger partial charge < -0.3 is 20.7 Å². The molecule has 3 heterocycles. The summed E-state index contributed by atoms with van der Waals surface area (Å²) in [6.45, 7) is 2.34. The summed E-state index contributed by atoms with van der Waals surface area (Å²) in [7, 11) is 0. The standard InChI is InChI=1S/C22H25F3N6O5/c1-21(2,36-20(35)22(23,24)25)4-6-28-19(34)14-8-11-7-13(11)31(14)16(32)10-30-15-9-27-5-3-12(15)17(29-30)18(26)33/h3,5,9,11,13-14H,4,6-8,10H2,1-2H3,(H2,26,33)(H,28,34)/t11-,13-,14+/m1/s1. The number of nitrogens with one attached hydrogen (secondary N) is 1. The maximum absolute atomic E-state index is 13.2. The topological polar surface area (TPSA) is 150 Å². The fraction of sp³-hybridized carbons (Fsp3) is 0.545. The van der Waals surface area contributed by atoms with E-state index in [0.29, 0.717) is 17.3 Å². The van der Waals surface area contributed by atoms with E-state index in [1.54, 1.807) is 6.07 Å². The van der Waals surface area contributed by atoms with Gasteiger partial charge >= 0.3 is 12.1 Å². The molecule has 0 bridgehead atoms. The number of aromatic nitrogens is 3. The molecule has 3 N–H and O–H groups in total. The van der Waals surface area contributed by atoms with E-state index in [-0.39, 0.29) is 43.1 Å². The lowest BCUT2D eigenvalue weighted by Gasteiger charge is -2.28. The van der Waals surface area contributed by atoms with Gasteiger partial charge in [-0.3, -0.25) is 24.0 Å². The van der Waals surface area contributed by atoms with E-state index in [9.17, 15) is 32.3 Å². The first kappa shape index (κ1) is 25.4. The van der Waals surface area contributed by atoms with Crippen molar-refractivity contribution in [1.82, 2.24) is 25.0 Å². The second kappa shape index (κ2) is 9.06. The Hall–Kier alpha value is -3.71. The largest absolute Gasteiger partial charge is 0.490 e. The number of halogens is 3. The highest BCUT2D eigenvalue weighted by atomic mass is 19.4. The fourth-order valence-electron chi connectivity index (χ4n) is 4.55. The number of nitrogens with two attached hydrogens (primary N) is 1. The Bertz CT molecular complexity index is 1230. The molecule has 4 rings (SSSR count). The van der Waals surface area contributed by atoms with Gasteiger partial charge in [-0.25, -0.2) is 4.79 Å². The summed E-state index contributed by atoms with van der Waals surface area (Å²) in [4.78, 5) is 54.4. The highest BCUT2D eigenvalue weighted by Crippen LogP contribution is 2.48. The minimum atomic E-state index is -5.11. The second-order valence-electron chi connectivity index (χ2n) is 9.57. The van der Waals surface area contributed by atoms with Crippen LogP contribution in [0.5, 0.6) is 0 Å². The molecule has 3 amide bonds. The van der Waals surface area contributed by atoms with E-state index < -0.39 is 35.6 Å². The SMILES string of the molecule is CC(C)(CCNC(=O)[C@@H]1C[C@H]2C[C@H]2N1C(=O)Cn1nc(C(N)=O)c2ccncc21)OC(=O)C(F)(F)F. The number of pyridine rings is 1. The summed E-state index contributed by atoms with van der Waals surface area (Å²) in [6, 6.07) is 0.727. The first-order valence-electron chi connectivity index (χ1n) is 11.3. The van der Waals surface area contributed by atoms with Crippen LogP contribution >= 0.6 is 0 Å². The Balaban J connectivity index is 1.39. The van der Waals surface area contributed by atoms with Crippen LogP contribution in [-0.2, 0) is 25.7 Å². The molecule has 1 saturated carbocycles. The Morgan fingerprint density at radius 2 is 1.94 bits per heavy atom. The third-order valence-electron chi connectivity index (χ3n) is 6.39. The Labute approximate surface area is 203 Å². The van der Waals surface area contributed by atoms with E-state index in [1.807, 2.05) is 0 Å². The van der Waals surface area contributed by atoms with Gasteiger partial charge in [0.2, 0.25) is 11.8 Å². The van der Waals surface area contributed by atoms with Gasteiger partial charge in [-0.2, -0.15) is 18.3 Å².